The number of aromatic nitrogens is 2. The zero-order valence-electron chi connectivity index (χ0n) is 16.5. The normalized spacial score (nSPS) is 16.0. The lowest BCUT2D eigenvalue weighted by Crippen LogP contribution is -2.41. The lowest BCUT2D eigenvalue weighted by atomic mass is 9.98. The van der Waals surface area contributed by atoms with Crippen LogP contribution in [0.15, 0.2) is 53.1 Å². The van der Waals surface area contributed by atoms with E-state index in [1.807, 2.05) is 24.3 Å². The number of likely N-dealkylation sites (tertiary alicyclic amines) is 1. The Morgan fingerprint density at radius 3 is 2.90 bits per heavy atom. The number of anilines is 1. The van der Waals surface area contributed by atoms with Gasteiger partial charge < -0.3 is 19.5 Å². The Kier molecular flexibility index (Phi) is 5.61. The van der Waals surface area contributed by atoms with Crippen LogP contribution in [0.3, 0.4) is 0 Å². The first-order chi connectivity index (χ1) is 14.7. The third kappa shape index (κ3) is 4.25. The number of rotatable bonds is 4. The van der Waals surface area contributed by atoms with Gasteiger partial charge in [-0.1, -0.05) is 11.2 Å². The first-order valence-electron chi connectivity index (χ1n) is 9.70. The molecule has 4 rings (SSSR count). The topological polar surface area (TPSA) is 104 Å². The predicted octanol–water partition coefficient (Wildman–Crippen LogP) is 4.03. The standard InChI is InChI=1S/C22H21N5O3/c1-29-19-9-7-16(8-10-19)20-25-21(30-26-20)17-5-3-11-27(14-17)22(28)24-18-6-2-4-15(12-18)13-23/h2,4,6-10,12,17H,3,5,11,14H2,1H3,(H,24,28). The highest BCUT2D eigenvalue weighted by molar-refractivity contribution is 5.89. The zero-order valence-corrected chi connectivity index (χ0v) is 16.5. The molecule has 152 valence electrons. The molecule has 0 bridgehead atoms. The minimum atomic E-state index is -0.204. The molecule has 8 nitrogen and oxygen atoms in total. The summed E-state index contributed by atoms with van der Waals surface area (Å²) < 4.78 is 10.7. The summed E-state index contributed by atoms with van der Waals surface area (Å²) in [6.45, 7) is 1.15. The molecule has 30 heavy (non-hydrogen) atoms. The van der Waals surface area contributed by atoms with Gasteiger partial charge in [0.15, 0.2) is 0 Å². The highest BCUT2D eigenvalue weighted by Gasteiger charge is 2.29. The maximum atomic E-state index is 12.7. The molecule has 0 saturated carbocycles. The number of methoxy groups -OCH3 is 1. The molecule has 0 aliphatic carbocycles. The molecular formula is C22H21N5O3. The number of ether oxygens (including phenoxy) is 1. The fourth-order valence-electron chi connectivity index (χ4n) is 3.49. The van der Waals surface area contributed by atoms with Crippen LogP contribution >= 0.6 is 0 Å². The Morgan fingerprint density at radius 1 is 1.30 bits per heavy atom. The number of nitrogens with one attached hydrogen (secondary N) is 1. The number of piperidine rings is 1. The number of hydrogen-bond donors (Lipinski definition) is 1. The highest BCUT2D eigenvalue weighted by Crippen LogP contribution is 2.28. The summed E-state index contributed by atoms with van der Waals surface area (Å²) in [5, 5.41) is 16.0. The van der Waals surface area contributed by atoms with Crippen LogP contribution in [0.1, 0.15) is 30.2 Å². The molecule has 1 aliphatic heterocycles. The largest absolute Gasteiger partial charge is 0.497 e. The van der Waals surface area contributed by atoms with Gasteiger partial charge in [-0.05, 0) is 55.3 Å². The van der Waals surface area contributed by atoms with Gasteiger partial charge in [-0.15, -0.1) is 0 Å². The second-order valence-corrected chi connectivity index (χ2v) is 7.09. The van der Waals surface area contributed by atoms with Crippen molar-refractivity contribution < 1.29 is 14.1 Å². The van der Waals surface area contributed by atoms with E-state index in [4.69, 9.17) is 14.5 Å². The number of amides is 2. The van der Waals surface area contributed by atoms with Gasteiger partial charge in [0.25, 0.3) is 0 Å². The third-order valence-corrected chi connectivity index (χ3v) is 5.09. The van der Waals surface area contributed by atoms with Crippen LogP contribution in [-0.4, -0.2) is 41.3 Å². The Hall–Kier alpha value is -3.86. The van der Waals surface area contributed by atoms with E-state index in [0.29, 0.717) is 36.1 Å². The van der Waals surface area contributed by atoms with Gasteiger partial charge in [0.1, 0.15) is 5.75 Å². The van der Waals surface area contributed by atoms with Gasteiger partial charge in [-0.25, -0.2) is 4.79 Å². The zero-order chi connectivity index (χ0) is 20.9. The Balaban J connectivity index is 1.43. The summed E-state index contributed by atoms with van der Waals surface area (Å²) >= 11 is 0. The van der Waals surface area contributed by atoms with Gasteiger partial charge in [0.2, 0.25) is 11.7 Å². The summed E-state index contributed by atoms with van der Waals surface area (Å²) in [7, 11) is 1.62. The number of benzene rings is 2. The average Bonchev–Trinajstić information content (AvgIpc) is 3.30. The summed E-state index contributed by atoms with van der Waals surface area (Å²) in [5.74, 6) is 1.79. The van der Waals surface area contributed by atoms with Crippen LogP contribution in [-0.2, 0) is 0 Å². The fraction of sp³-hybridized carbons (Fsp3) is 0.273. The number of urea groups is 1. The van der Waals surface area contributed by atoms with E-state index in [2.05, 4.69) is 21.5 Å². The Bertz CT molecular complexity index is 1070. The molecular weight excluding hydrogens is 382 g/mol. The minimum Gasteiger partial charge on any atom is -0.497 e. The average molecular weight is 403 g/mol. The molecule has 1 atom stereocenters. The van der Waals surface area contributed by atoms with Crippen molar-refractivity contribution in [1.82, 2.24) is 15.0 Å². The van der Waals surface area contributed by atoms with E-state index in [9.17, 15) is 4.79 Å². The van der Waals surface area contributed by atoms with Gasteiger partial charge in [-0.2, -0.15) is 10.2 Å². The van der Waals surface area contributed by atoms with Crippen molar-refractivity contribution in [2.24, 2.45) is 0 Å². The first kappa shape index (κ1) is 19.5. The molecule has 1 N–H and O–H groups in total. The second kappa shape index (κ2) is 8.66. The molecule has 1 aromatic heterocycles. The predicted molar refractivity (Wildman–Crippen MR) is 110 cm³/mol. The smallest absolute Gasteiger partial charge is 0.321 e. The minimum absolute atomic E-state index is 0.0190. The number of hydrogen-bond acceptors (Lipinski definition) is 6. The summed E-state index contributed by atoms with van der Waals surface area (Å²) in [6, 6.07) is 16.2. The molecule has 2 aromatic carbocycles. The Labute approximate surface area is 174 Å². The summed E-state index contributed by atoms with van der Waals surface area (Å²) in [5.41, 5.74) is 1.94. The lowest BCUT2D eigenvalue weighted by molar-refractivity contribution is 0.184. The molecule has 1 unspecified atom stereocenters. The van der Waals surface area contributed by atoms with Crippen molar-refractivity contribution >= 4 is 11.7 Å². The van der Waals surface area contributed by atoms with Crippen LogP contribution in [0.4, 0.5) is 10.5 Å². The van der Waals surface area contributed by atoms with E-state index in [-0.39, 0.29) is 11.9 Å². The van der Waals surface area contributed by atoms with Crippen LogP contribution < -0.4 is 10.1 Å². The monoisotopic (exact) mass is 403 g/mol. The first-order valence-corrected chi connectivity index (χ1v) is 9.70. The van der Waals surface area contributed by atoms with E-state index in [1.54, 1.807) is 36.3 Å². The number of nitrogens with zero attached hydrogens (tertiary/aromatic N) is 4. The fourth-order valence-corrected chi connectivity index (χ4v) is 3.49. The number of nitriles is 1. The van der Waals surface area contributed by atoms with Crippen LogP contribution in [0.2, 0.25) is 0 Å². The molecule has 1 saturated heterocycles. The highest BCUT2D eigenvalue weighted by atomic mass is 16.5. The quantitative estimate of drug-likeness (QED) is 0.705. The van der Waals surface area contributed by atoms with Gasteiger partial charge in [0, 0.05) is 24.3 Å². The summed E-state index contributed by atoms with van der Waals surface area (Å²) in [6.07, 6.45) is 1.72. The Morgan fingerprint density at radius 2 is 2.13 bits per heavy atom. The van der Waals surface area contributed by atoms with E-state index in [1.165, 1.54) is 0 Å². The molecule has 1 fully saturated rings. The number of carbonyl (C=O) groups excluding carboxylic acids is 1. The van der Waals surface area contributed by atoms with E-state index >= 15 is 0 Å². The van der Waals surface area contributed by atoms with Gasteiger partial charge in [-0.3, -0.25) is 0 Å². The molecule has 0 spiro atoms. The molecule has 3 aromatic rings. The molecule has 1 aliphatic rings. The molecule has 0 radical (unpaired) electrons. The molecule has 2 amide bonds. The van der Waals surface area contributed by atoms with Crippen molar-refractivity contribution in [3.63, 3.8) is 0 Å². The molecule has 2 heterocycles. The van der Waals surface area contributed by atoms with Crippen LogP contribution in [0.5, 0.6) is 5.75 Å². The van der Waals surface area contributed by atoms with Crippen molar-refractivity contribution in [2.45, 2.75) is 18.8 Å². The van der Waals surface area contributed by atoms with Crippen LogP contribution in [0.25, 0.3) is 11.4 Å². The molecule has 8 heteroatoms. The van der Waals surface area contributed by atoms with Crippen LogP contribution in [0, 0.1) is 11.3 Å². The maximum absolute atomic E-state index is 12.7. The second-order valence-electron chi connectivity index (χ2n) is 7.09. The van der Waals surface area contributed by atoms with Crippen molar-refractivity contribution in [3.05, 3.63) is 60.0 Å². The number of carbonyl (C=O) groups is 1. The van der Waals surface area contributed by atoms with E-state index in [0.717, 1.165) is 24.2 Å². The maximum Gasteiger partial charge on any atom is 0.321 e. The van der Waals surface area contributed by atoms with E-state index < -0.39 is 0 Å². The van der Waals surface area contributed by atoms with Crippen molar-refractivity contribution in [3.8, 4) is 23.2 Å². The third-order valence-electron chi connectivity index (χ3n) is 5.09. The van der Waals surface area contributed by atoms with Gasteiger partial charge in [0.05, 0.1) is 24.7 Å². The summed E-state index contributed by atoms with van der Waals surface area (Å²) in [4.78, 5) is 19.0. The van der Waals surface area contributed by atoms with Crippen molar-refractivity contribution in [1.29, 1.82) is 5.26 Å². The van der Waals surface area contributed by atoms with Crippen molar-refractivity contribution in [2.75, 3.05) is 25.5 Å². The SMILES string of the molecule is COc1ccc(-c2noc(C3CCCN(C(=O)Nc4cccc(C#N)c4)C3)n2)cc1. The lowest BCUT2D eigenvalue weighted by Gasteiger charge is -2.31. The van der Waals surface area contributed by atoms with Gasteiger partial charge >= 0.3 is 6.03 Å².